The van der Waals surface area contributed by atoms with Gasteiger partial charge in [-0.1, -0.05) is 0 Å². The Bertz CT molecular complexity index is 260. The molecule has 1 heterocycles. The van der Waals surface area contributed by atoms with Gasteiger partial charge in [0.1, 0.15) is 0 Å². The van der Waals surface area contributed by atoms with Gasteiger partial charge in [-0.05, 0) is 47.3 Å². The molecule has 0 amide bonds. The average molecular weight is 301 g/mol. The Hall–Kier alpha value is 0.390. The SMILES string of the molecule is Cc1cc([C@@H](N)CCCO)sc1Br.Cl. The van der Waals surface area contributed by atoms with Crippen molar-refractivity contribution in [2.45, 2.75) is 25.8 Å². The highest BCUT2D eigenvalue weighted by atomic mass is 79.9. The number of aliphatic hydroxyl groups excluding tert-OH is 1. The van der Waals surface area contributed by atoms with Crippen LogP contribution in [-0.4, -0.2) is 11.7 Å². The first-order chi connectivity index (χ1) is 6.15. The number of aliphatic hydroxyl groups is 1. The number of hydrogen-bond donors (Lipinski definition) is 2. The lowest BCUT2D eigenvalue weighted by molar-refractivity contribution is 0.280. The van der Waals surface area contributed by atoms with E-state index in [4.69, 9.17) is 10.8 Å². The summed E-state index contributed by atoms with van der Waals surface area (Å²) in [4.78, 5) is 1.19. The summed E-state index contributed by atoms with van der Waals surface area (Å²) in [6.45, 7) is 2.28. The smallest absolute Gasteiger partial charge is 0.0731 e. The summed E-state index contributed by atoms with van der Waals surface area (Å²) < 4.78 is 1.15. The van der Waals surface area contributed by atoms with Gasteiger partial charge in [0.15, 0.2) is 0 Å². The topological polar surface area (TPSA) is 46.2 Å². The molecule has 1 aromatic heterocycles. The highest BCUT2D eigenvalue weighted by Crippen LogP contribution is 2.31. The lowest BCUT2D eigenvalue weighted by Gasteiger charge is -2.06. The van der Waals surface area contributed by atoms with Crippen molar-refractivity contribution in [3.63, 3.8) is 0 Å². The fraction of sp³-hybridized carbons (Fsp3) is 0.556. The van der Waals surface area contributed by atoms with Crippen molar-refractivity contribution in [2.75, 3.05) is 6.61 Å². The van der Waals surface area contributed by atoms with E-state index in [2.05, 4.69) is 28.9 Å². The molecule has 0 aliphatic carbocycles. The zero-order valence-electron chi connectivity index (χ0n) is 8.00. The van der Waals surface area contributed by atoms with Crippen LogP contribution < -0.4 is 5.73 Å². The van der Waals surface area contributed by atoms with E-state index in [0.717, 1.165) is 16.6 Å². The average Bonchev–Trinajstić information content (AvgIpc) is 2.43. The minimum Gasteiger partial charge on any atom is -0.396 e. The van der Waals surface area contributed by atoms with E-state index in [1.54, 1.807) is 11.3 Å². The van der Waals surface area contributed by atoms with Crippen LogP contribution in [0, 0.1) is 6.92 Å². The molecule has 0 saturated heterocycles. The van der Waals surface area contributed by atoms with E-state index >= 15 is 0 Å². The van der Waals surface area contributed by atoms with Crippen molar-refractivity contribution in [1.29, 1.82) is 0 Å². The summed E-state index contributed by atoms with van der Waals surface area (Å²) in [6, 6.07) is 2.18. The molecule has 0 aliphatic heterocycles. The summed E-state index contributed by atoms with van der Waals surface area (Å²) in [7, 11) is 0. The second-order valence-electron chi connectivity index (χ2n) is 3.08. The zero-order chi connectivity index (χ0) is 9.84. The molecule has 1 atom stereocenters. The largest absolute Gasteiger partial charge is 0.396 e. The van der Waals surface area contributed by atoms with Crippen molar-refractivity contribution in [2.24, 2.45) is 5.73 Å². The van der Waals surface area contributed by atoms with E-state index < -0.39 is 0 Å². The first-order valence-corrected chi connectivity index (χ1v) is 5.88. The maximum atomic E-state index is 8.66. The second kappa shape index (κ2) is 6.80. The minimum atomic E-state index is 0. The van der Waals surface area contributed by atoms with Gasteiger partial charge in [0, 0.05) is 17.5 Å². The minimum absolute atomic E-state index is 0. The van der Waals surface area contributed by atoms with Crippen LogP contribution in [0.1, 0.15) is 29.3 Å². The molecule has 14 heavy (non-hydrogen) atoms. The molecule has 0 radical (unpaired) electrons. The fourth-order valence-electron chi connectivity index (χ4n) is 1.12. The van der Waals surface area contributed by atoms with Gasteiger partial charge in [-0.25, -0.2) is 0 Å². The normalized spacial score (nSPS) is 12.3. The Labute approximate surface area is 103 Å². The first kappa shape index (κ1) is 14.4. The van der Waals surface area contributed by atoms with Crippen LogP contribution in [0.3, 0.4) is 0 Å². The maximum Gasteiger partial charge on any atom is 0.0731 e. The Balaban J connectivity index is 0.00000169. The number of halogens is 2. The summed E-state index contributed by atoms with van der Waals surface area (Å²) >= 11 is 5.15. The van der Waals surface area contributed by atoms with Crippen molar-refractivity contribution in [1.82, 2.24) is 0 Å². The Morgan fingerprint density at radius 2 is 2.29 bits per heavy atom. The third-order valence-electron chi connectivity index (χ3n) is 1.91. The molecule has 82 valence electrons. The molecule has 0 fully saturated rings. The van der Waals surface area contributed by atoms with Crippen LogP contribution in [0.5, 0.6) is 0 Å². The highest BCUT2D eigenvalue weighted by molar-refractivity contribution is 9.11. The first-order valence-electron chi connectivity index (χ1n) is 4.27. The number of thiophene rings is 1. The molecule has 0 aromatic carbocycles. The van der Waals surface area contributed by atoms with Gasteiger partial charge in [0.2, 0.25) is 0 Å². The van der Waals surface area contributed by atoms with Crippen molar-refractivity contribution < 1.29 is 5.11 Å². The van der Waals surface area contributed by atoms with Gasteiger partial charge < -0.3 is 10.8 Å². The molecule has 0 aliphatic rings. The summed E-state index contributed by atoms with van der Waals surface area (Å²) in [5.41, 5.74) is 7.18. The number of aryl methyl sites for hydroxylation is 1. The van der Waals surface area contributed by atoms with Crippen molar-refractivity contribution >= 4 is 39.7 Å². The van der Waals surface area contributed by atoms with E-state index in [1.165, 1.54) is 10.4 Å². The predicted molar refractivity (Wildman–Crippen MR) is 67.3 cm³/mol. The van der Waals surface area contributed by atoms with Crippen LogP contribution in [0.2, 0.25) is 0 Å². The lowest BCUT2D eigenvalue weighted by atomic mass is 10.1. The molecule has 1 rings (SSSR count). The van der Waals surface area contributed by atoms with E-state index in [-0.39, 0.29) is 25.1 Å². The molecular weight excluding hydrogens is 286 g/mol. The van der Waals surface area contributed by atoms with Crippen molar-refractivity contribution in [3.8, 4) is 0 Å². The van der Waals surface area contributed by atoms with Gasteiger partial charge >= 0.3 is 0 Å². The highest BCUT2D eigenvalue weighted by Gasteiger charge is 2.10. The molecule has 0 spiro atoms. The van der Waals surface area contributed by atoms with Crippen LogP contribution >= 0.6 is 39.7 Å². The molecule has 5 heteroatoms. The van der Waals surface area contributed by atoms with E-state index in [0.29, 0.717) is 0 Å². The van der Waals surface area contributed by atoms with E-state index in [9.17, 15) is 0 Å². The van der Waals surface area contributed by atoms with Crippen LogP contribution in [0.4, 0.5) is 0 Å². The second-order valence-corrected chi connectivity index (χ2v) is 5.48. The number of hydrogen-bond acceptors (Lipinski definition) is 3. The van der Waals surface area contributed by atoms with Crippen LogP contribution in [0.25, 0.3) is 0 Å². The Kier molecular flexibility index (Phi) is 6.99. The maximum absolute atomic E-state index is 8.66. The van der Waals surface area contributed by atoms with Gasteiger partial charge in [0.05, 0.1) is 3.79 Å². The van der Waals surface area contributed by atoms with Crippen LogP contribution in [-0.2, 0) is 0 Å². The van der Waals surface area contributed by atoms with Crippen molar-refractivity contribution in [3.05, 3.63) is 20.3 Å². The lowest BCUT2D eigenvalue weighted by Crippen LogP contribution is -2.08. The van der Waals surface area contributed by atoms with Gasteiger partial charge in [-0.3, -0.25) is 0 Å². The Morgan fingerprint density at radius 1 is 1.64 bits per heavy atom. The zero-order valence-corrected chi connectivity index (χ0v) is 11.2. The Morgan fingerprint density at radius 3 is 2.71 bits per heavy atom. The van der Waals surface area contributed by atoms with Crippen LogP contribution in [0.15, 0.2) is 9.85 Å². The third kappa shape index (κ3) is 3.87. The fourth-order valence-corrected chi connectivity index (χ4v) is 2.73. The summed E-state index contributed by atoms with van der Waals surface area (Å²) in [6.07, 6.45) is 1.62. The molecule has 2 nitrogen and oxygen atoms in total. The van der Waals surface area contributed by atoms with Gasteiger partial charge in [-0.2, -0.15) is 0 Å². The van der Waals surface area contributed by atoms with E-state index in [1.807, 2.05) is 0 Å². The summed E-state index contributed by atoms with van der Waals surface area (Å²) in [5, 5.41) is 8.66. The molecule has 3 N–H and O–H groups in total. The van der Waals surface area contributed by atoms with Gasteiger partial charge in [0.25, 0.3) is 0 Å². The molecule has 0 bridgehead atoms. The molecule has 0 saturated carbocycles. The quantitative estimate of drug-likeness (QED) is 0.898. The molecule has 1 aromatic rings. The monoisotopic (exact) mass is 299 g/mol. The van der Waals surface area contributed by atoms with Gasteiger partial charge in [-0.15, -0.1) is 23.7 Å². The molecule has 0 unspecified atom stereocenters. The number of rotatable bonds is 4. The third-order valence-corrected chi connectivity index (χ3v) is 4.18. The number of nitrogens with two attached hydrogens (primary N) is 1. The standard InChI is InChI=1S/C9H14BrNOS.ClH/c1-6-5-8(13-9(6)10)7(11)3-2-4-12;/h5,7,12H,2-4,11H2,1H3;1H/t7-;/m0./s1. The predicted octanol–water partition coefficient (Wildman–Crippen LogP) is 3.01. The molecular formula is C9H15BrClNOS. The summed E-state index contributed by atoms with van der Waals surface area (Å²) in [5.74, 6) is 0.